The summed E-state index contributed by atoms with van der Waals surface area (Å²) < 4.78 is 16.0. The molecule has 0 radical (unpaired) electrons. The van der Waals surface area contributed by atoms with E-state index in [1.54, 1.807) is 13.0 Å². The van der Waals surface area contributed by atoms with Crippen LogP contribution in [-0.2, 0) is 4.74 Å². The van der Waals surface area contributed by atoms with Crippen molar-refractivity contribution in [2.45, 2.75) is 37.6 Å². The van der Waals surface area contributed by atoms with Gasteiger partial charge in [-0.2, -0.15) is 4.91 Å². The van der Waals surface area contributed by atoms with Crippen LogP contribution in [-0.4, -0.2) is 52.6 Å². The number of hydrogen-bond acceptors (Lipinski definition) is 9. The zero-order chi connectivity index (χ0) is 18.1. The molecule has 1 saturated heterocycles. The number of nitrogens with zero attached hydrogens (tertiary/aromatic N) is 1. The van der Waals surface area contributed by atoms with E-state index in [-0.39, 0.29) is 5.75 Å². The fourth-order valence-electron chi connectivity index (χ4n) is 2.78. The third kappa shape index (κ3) is 3.27. The van der Waals surface area contributed by atoms with Crippen molar-refractivity contribution in [2.24, 2.45) is 5.18 Å². The van der Waals surface area contributed by atoms with Crippen LogP contribution in [0.2, 0.25) is 0 Å². The molecule has 3 N–H and O–H groups in total. The maximum atomic E-state index is 11.4. The van der Waals surface area contributed by atoms with Crippen molar-refractivity contribution in [2.75, 3.05) is 6.61 Å². The Morgan fingerprint density at radius 3 is 2.68 bits per heavy atom. The van der Waals surface area contributed by atoms with E-state index < -0.39 is 42.9 Å². The van der Waals surface area contributed by atoms with Crippen LogP contribution in [0, 0.1) is 11.8 Å². The van der Waals surface area contributed by atoms with Gasteiger partial charge >= 0.3 is 5.63 Å². The summed E-state index contributed by atoms with van der Waals surface area (Å²) >= 11 is 0. The van der Waals surface area contributed by atoms with Crippen LogP contribution in [0.5, 0.6) is 5.75 Å². The zero-order valence-corrected chi connectivity index (χ0v) is 13.2. The molecule has 1 fully saturated rings. The number of hydrogen-bond donors (Lipinski definition) is 3. The van der Waals surface area contributed by atoms with Crippen molar-refractivity contribution in [1.29, 1.82) is 0 Å². The molecule has 134 valence electrons. The van der Waals surface area contributed by atoms with Crippen molar-refractivity contribution in [3.8, 4) is 5.75 Å². The van der Waals surface area contributed by atoms with E-state index in [2.05, 4.69) is 5.18 Å². The standard InChI is InChI=1S/C16H17NO8/c1-7-4-12(19)24-10-3-2-8(5-9(7)10)23-16-13(17-22)15(21)14(20)11(6-18)25-16/h2-5,11,13-16,18,20-21H,6H2,1H3. The first-order valence-corrected chi connectivity index (χ1v) is 7.60. The van der Waals surface area contributed by atoms with E-state index in [4.69, 9.17) is 13.9 Å². The molecule has 3 rings (SSSR count). The van der Waals surface area contributed by atoms with Gasteiger partial charge in [-0.15, -0.1) is 0 Å². The lowest BCUT2D eigenvalue weighted by atomic mass is 9.98. The average Bonchev–Trinajstić information content (AvgIpc) is 2.58. The maximum Gasteiger partial charge on any atom is 0.336 e. The monoisotopic (exact) mass is 351 g/mol. The molecule has 5 atom stereocenters. The normalized spacial score (nSPS) is 29.5. The molecule has 1 aliphatic heterocycles. The van der Waals surface area contributed by atoms with Gasteiger partial charge in [-0.25, -0.2) is 4.79 Å². The van der Waals surface area contributed by atoms with Crippen molar-refractivity contribution < 1.29 is 29.2 Å². The highest BCUT2D eigenvalue weighted by Gasteiger charge is 2.46. The summed E-state index contributed by atoms with van der Waals surface area (Å²) in [6, 6.07) is 4.58. The van der Waals surface area contributed by atoms with Gasteiger partial charge in [0.15, 0.2) is 6.04 Å². The van der Waals surface area contributed by atoms with Gasteiger partial charge < -0.3 is 29.2 Å². The Hall–Kier alpha value is -2.33. The number of aliphatic hydroxyl groups is 3. The molecule has 0 amide bonds. The largest absolute Gasteiger partial charge is 0.462 e. The smallest absolute Gasteiger partial charge is 0.336 e. The second kappa shape index (κ2) is 6.89. The summed E-state index contributed by atoms with van der Waals surface area (Å²) in [4.78, 5) is 22.4. The van der Waals surface area contributed by atoms with Crippen LogP contribution in [0.1, 0.15) is 5.56 Å². The predicted molar refractivity (Wildman–Crippen MR) is 85.2 cm³/mol. The lowest BCUT2D eigenvalue weighted by molar-refractivity contribution is -0.239. The fourth-order valence-corrected chi connectivity index (χ4v) is 2.78. The summed E-state index contributed by atoms with van der Waals surface area (Å²) in [5.41, 5.74) is 0.577. The SMILES string of the molecule is Cc1cc(=O)oc2ccc(OC3OC(CO)C(O)C(O)C3N=O)cc12. The van der Waals surface area contributed by atoms with Gasteiger partial charge in [-0.3, -0.25) is 0 Å². The van der Waals surface area contributed by atoms with Gasteiger partial charge in [-0.05, 0) is 30.7 Å². The number of nitroso groups, excluding NO2 is 1. The Morgan fingerprint density at radius 1 is 1.24 bits per heavy atom. The fraction of sp³-hybridized carbons (Fsp3) is 0.438. The highest BCUT2D eigenvalue weighted by Crippen LogP contribution is 2.28. The van der Waals surface area contributed by atoms with Crippen molar-refractivity contribution >= 4 is 11.0 Å². The predicted octanol–water partition coefficient (Wildman–Crippen LogP) is 0.0542. The molecule has 9 heteroatoms. The van der Waals surface area contributed by atoms with E-state index in [0.29, 0.717) is 16.5 Å². The number of aliphatic hydroxyl groups excluding tert-OH is 3. The Labute approximate surface area is 141 Å². The Bertz CT molecular complexity index is 834. The number of ether oxygens (including phenoxy) is 2. The molecule has 0 bridgehead atoms. The summed E-state index contributed by atoms with van der Waals surface area (Å²) in [6.45, 7) is 1.17. The minimum atomic E-state index is -1.53. The lowest BCUT2D eigenvalue weighted by Gasteiger charge is -2.38. The molecule has 0 saturated carbocycles. The van der Waals surface area contributed by atoms with Gasteiger partial charge in [0.2, 0.25) is 6.29 Å². The van der Waals surface area contributed by atoms with Gasteiger partial charge in [0, 0.05) is 11.5 Å². The average molecular weight is 351 g/mol. The minimum absolute atomic E-state index is 0.281. The Balaban J connectivity index is 1.91. The third-order valence-corrected chi connectivity index (χ3v) is 4.14. The van der Waals surface area contributed by atoms with E-state index in [1.165, 1.54) is 18.2 Å². The van der Waals surface area contributed by atoms with Crippen LogP contribution < -0.4 is 10.4 Å². The molecular formula is C16H17NO8. The van der Waals surface area contributed by atoms with Crippen LogP contribution in [0.4, 0.5) is 0 Å². The maximum absolute atomic E-state index is 11.4. The highest BCUT2D eigenvalue weighted by atomic mass is 16.7. The van der Waals surface area contributed by atoms with E-state index in [1.807, 2.05) is 0 Å². The van der Waals surface area contributed by atoms with Crippen molar-refractivity contribution in [3.05, 3.63) is 45.2 Å². The van der Waals surface area contributed by atoms with Crippen LogP contribution in [0.3, 0.4) is 0 Å². The first-order chi connectivity index (χ1) is 11.9. The first kappa shape index (κ1) is 17.5. The van der Waals surface area contributed by atoms with Gasteiger partial charge in [0.25, 0.3) is 0 Å². The topological polar surface area (TPSA) is 139 Å². The molecule has 0 aliphatic carbocycles. The zero-order valence-electron chi connectivity index (χ0n) is 13.2. The molecule has 1 aliphatic rings. The van der Waals surface area contributed by atoms with E-state index in [9.17, 15) is 25.0 Å². The second-order valence-corrected chi connectivity index (χ2v) is 5.83. The van der Waals surface area contributed by atoms with Gasteiger partial charge in [-0.1, -0.05) is 5.18 Å². The summed E-state index contributed by atoms with van der Waals surface area (Å²) in [7, 11) is 0. The van der Waals surface area contributed by atoms with Crippen LogP contribution in [0.15, 0.2) is 38.7 Å². The summed E-state index contributed by atoms with van der Waals surface area (Å²) in [5.74, 6) is 0.281. The molecule has 1 aromatic carbocycles. The van der Waals surface area contributed by atoms with Crippen LogP contribution in [0.25, 0.3) is 11.0 Å². The molecule has 2 aromatic rings. The number of benzene rings is 1. The molecule has 2 heterocycles. The van der Waals surface area contributed by atoms with E-state index >= 15 is 0 Å². The highest BCUT2D eigenvalue weighted by molar-refractivity contribution is 5.81. The number of aryl methyl sites for hydroxylation is 1. The molecule has 0 spiro atoms. The van der Waals surface area contributed by atoms with Crippen LogP contribution >= 0.6 is 0 Å². The molecule has 5 unspecified atom stereocenters. The quantitative estimate of drug-likeness (QED) is 0.519. The van der Waals surface area contributed by atoms with Crippen molar-refractivity contribution in [3.63, 3.8) is 0 Å². The molecule has 9 nitrogen and oxygen atoms in total. The van der Waals surface area contributed by atoms with Gasteiger partial charge in [0.05, 0.1) is 6.61 Å². The second-order valence-electron chi connectivity index (χ2n) is 5.83. The Morgan fingerprint density at radius 2 is 2.00 bits per heavy atom. The van der Waals surface area contributed by atoms with E-state index in [0.717, 1.165) is 0 Å². The summed E-state index contributed by atoms with van der Waals surface area (Å²) in [5, 5.41) is 32.4. The van der Waals surface area contributed by atoms with Gasteiger partial charge in [0.1, 0.15) is 29.6 Å². The van der Waals surface area contributed by atoms with Crippen molar-refractivity contribution in [1.82, 2.24) is 0 Å². The lowest BCUT2D eigenvalue weighted by Crippen LogP contribution is -2.59. The first-order valence-electron chi connectivity index (χ1n) is 7.60. The number of rotatable bonds is 4. The number of fused-ring (bicyclic) bond motifs is 1. The summed E-state index contributed by atoms with van der Waals surface area (Å²) in [6.07, 6.45) is -5.39. The molecule has 25 heavy (non-hydrogen) atoms. The molecule has 1 aromatic heterocycles. The Kier molecular flexibility index (Phi) is 4.82. The minimum Gasteiger partial charge on any atom is -0.462 e. The molecular weight excluding hydrogens is 334 g/mol. The third-order valence-electron chi connectivity index (χ3n) is 4.14.